The Morgan fingerprint density at radius 3 is 2.79 bits per heavy atom. The highest BCUT2D eigenvalue weighted by molar-refractivity contribution is 6.09. The molecule has 0 unspecified atom stereocenters. The molecule has 0 aliphatic heterocycles. The number of rotatable bonds is 8. The van der Waals surface area contributed by atoms with Gasteiger partial charge >= 0.3 is 0 Å². The number of nitro benzene ring substituents is 1. The molecule has 0 saturated carbocycles. The molecule has 2 rings (SSSR count). The van der Waals surface area contributed by atoms with Crippen molar-refractivity contribution >= 4 is 23.4 Å². The number of carbonyl (C=O) groups excluding carboxylic acids is 1. The van der Waals surface area contributed by atoms with Crippen LogP contribution in [0.1, 0.15) is 18.1 Å². The monoisotopic (exact) mass is 393 g/mol. The summed E-state index contributed by atoms with van der Waals surface area (Å²) < 4.78 is 5.41. The molecular weight excluding hydrogens is 374 g/mol. The van der Waals surface area contributed by atoms with Crippen molar-refractivity contribution in [2.24, 2.45) is 0 Å². The van der Waals surface area contributed by atoms with Gasteiger partial charge in [0.1, 0.15) is 11.6 Å². The summed E-state index contributed by atoms with van der Waals surface area (Å²) in [6, 6.07) is 10.4. The van der Waals surface area contributed by atoms with Crippen molar-refractivity contribution in [1.29, 1.82) is 5.26 Å². The van der Waals surface area contributed by atoms with Crippen molar-refractivity contribution in [2.75, 3.05) is 11.9 Å². The molecule has 0 fully saturated rings. The molecule has 0 heterocycles. The number of benzene rings is 2. The zero-order chi connectivity index (χ0) is 21.4. The van der Waals surface area contributed by atoms with Gasteiger partial charge in [0.2, 0.25) is 0 Å². The van der Waals surface area contributed by atoms with Crippen molar-refractivity contribution in [3.8, 4) is 17.6 Å². The van der Waals surface area contributed by atoms with E-state index in [2.05, 4.69) is 11.9 Å². The van der Waals surface area contributed by atoms with Crippen LogP contribution in [0.4, 0.5) is 11.4 Å². The Hall–Kier alpha value is -4.12. The minimum absolute atomic E-state index is 0.0246. The van der Waals surface area contributed by atoms with E-state index in [1.165, 1.54) is 36.4 Å². The number of aromatic hydroxyl groups is 1. The fourth-order valence-corrected chi connectivity index (χ4v) is 2.56. The van der Waals surface area contributed by atoms with Gasteiger partial charge in [0.15, 0.2) is 11.5 Å². The summed E-state index contributed by atoms with van der Waals surface area (Å²) in [7, 11) is 0. The lowest BCUT2D eigenvalue weighted by molar-refractivity contribution is -0.384. The lowest BCUT2D eigenvalue weighted by Crippen LogP contribution is -2.13. The second-order valence-corrected chi connectivity index (χ2v) is 5.88. The maximum Gasteiger partial charge on any atom is 0.271 e. The highest BCUT2D eigenvalue weighted by atomic mass is 16.6. The Morgan fingerprint density at radius 2 is 2.17 bits per heavy atom. The first-order valence-corrected chi connectivity index (χ1v) is 8.66. The van der Waals surface area contributed by atoms with Crippen LogP contribution in [0.3, 0.4) is 0 Å². The molecule has 0 aliphatic carbocycles. The fraction of sp³-hybridized carbons (Fsp3) is 0.143. The Kier molecular flexibility index (Phi) is 7.09. The van der Waals surface area contributed by atoms with E-state index >= 15 is 0 Å². The summed E-state index contributed by atoms with van der Waals surface area (Å²) in [4.78, 5) is 22.7. The second kappa shape index (κ2) is 9.71. The molecule has 0 aromatic heterocycles. The van der Waals surface area contributed by atoms with E-state index in [-0.39, 0.29) is 28.4 Å². The fourth-order valence-electron chi connectivity index (χ4n) is 2.56. The zero-order valence-corrected chi connectivity index (χ0v) is 15.7. The number of allylic oxidation sites excluding steroid dienone is 1. The van der Waals surface area contributed by atoms with E-state index in [0.29, 0.717) is 24.2 Å². The quantitative estimate of drug-likeness (QED) is 0.230. The Bertz CT molecular complexity index is 1020. The molecule has 1 amide bonds. The van der Waals surface area contributed by atoms with E-state index in [9.17, 15) is 25.3 Å². The number of amides is 1. The number of nitriles is 1. The number of phenols is 1. The number of nitrogens with zero attached hydrogens (tertiary/aromatic N) is 2. The first kappa shape index (κ1) is 21.2. The number of nitro groups is 1. The predicted molar refractivity (Wildman–Crippen MR) is 108 cm³/mol. The molecule has 0 radical (unpaired) electrons. The van der Waals surface area contributed by atoms with Gasteiger partial charge in [0.05, 0.1) is 11.5 Å². The number of non-ortho nitro benzene ring substituents is 1. The largest absolute Gasteiger partial charge is 0.504 e. The normalized spacial score (nSPS) is 10.7. The van der Waals surface area contributed by atoms with Crippen LogP contribution < -0.4 is 10.1 Å². The molecule has 29 heavy (non-hydrogen) atoms. The van der Waals surface area contributed by atoms with E-state index in [1.807, 2.05) is 6.07 Å². The Balaban J connectivity index is 2.36. The average Bonchev–Trinajstić information content (AvgIpc) is 2.69. The smallest absolute Gasteiger partial charge is 0.271 e. The highest BCUT2D eigenvalue weighted by Gasteiger charge is 2.14. The third-order valence-corrected chi connectivity index (χ3v) is 3.83. The number of ether oxygens (including phenoxy) is 1. The van der Waals surface area contributed by atoms with Crippen LogP contribution in [0.15, 0.2) is 54.6 Å². The van der Waals surface area contributed by atoms with Crippen LogP contribution in [0.5, 0.6) is 11.5 Å². The van der Waals surface area contributed by atoms with E-state index in [0.717, 1.165) is 0 Å². The van der Waals surface area contributed by atoms with Crippen molar-refractivity contribution < 1.29 is 19.6 Å². The first-order valence-electron chi connectivity index (χ1n) is 8.66. The van der Waals surface area contributed by atoms with Gasteiger partial charge in [0, 0.05) is 23.4 Å². The highest BCUT2D eigenvalue weighted by Crippen LogP contribution is 2.33. The lowest BCUT2D eigenvalue weighted by Gasteiger charge is -2.11. The summed E-state index contributed by atoms with van der Waals surface area (Å²) in [5.41, 5.74) is 0.814. The van der Waals surface area contributed by atoms with Gasteiger partial charge in [-0.2, -0.15) is 5.26 Å². The van der Waals surface area contributed by atoms with Gasteiger partial charge in [-0.05, 0) is 43.2 Å². The predicted octanol–water partition coefficient (Wildman–Crippen LogP) is 3.97. The van der Waals surface area contributed by atoms with Crippen LogP contribution in [0.25, 0.3) is 6.08 Å². The number of phenolic OH excluding ortho intramolecular Hbond substituents is 1. The lowest BCUT2D eigenvalue weighted by atomic mass is 10.0. The molecule has 0 bridgehead atoms. The molecule has 0 aliphatic rings. The first-order chi connectivity index (χ1) is 13.9. The van der Waals surface area contributed by atoms with Crippen LogP contribution in [0, 0.1) is 21.4 Å². The molecule has 2 aromatic carbocycles. The Morgan fingerprint density at radius 1 is 1.41 bits per heavy atom. The summed E-state index contributed by atoms with van der Waals surface area (Å²) >= 11 is 0. The minimum atomic E-state index is -0.718. The second-order valence-electron chi connectivity index (χ2n) is 5.88. The van der Waals surface area contributed by atoms with Crippen LogP contribution >= 0.6 is 0 Å². The summed E-state index contributed by atoms with van der Waals surface area (Å²) in [6.07, 6.45) is 3.33. The van der Waals surface area contributed by atoms with Crippen molar-refractivity contribution in [3.05, 3.63) is 75.9 Å². The number of carbonyl (C=O) groups is 1. The van der Waals surface area contributed by atoms with E-state index in [4.69, 9.17) is 4.74 Å². The number of hydrogen-bond acceptors (Lipinski definition) is 6. The molecular formula is C21H19N3O5. The standard InChI is InChI=1S/C21H19N3O5/c1-3-6-15-9-14(11-19(20(15)25)29-4-2)10-16(13-22)21(26)23-17-7-5-8-18(12-17)24(27)28/h3,5,7-12,25H,1,4,6H2,2H3,(H,23,26). The molecule has 0 spiro atoms. The van der Waals surface area contributed by atoms with E-state index in [1.54, 1.807) is 19.1 Å². The van der Waals surface area contributed by atoms with Crippen LogP contribution in [0.2, 0.25) is 0 Å². The van der Waals surface area contributed by atoms with Gasteiger partial charge in [-0.25, -0.2) is 0 Å². The molecule has 8 heteroatoms. The summed E-state index contributed by atoms with van der Waals surface area (Å²) in [5.74, 6) is -0.512. The average molecular weight is 393 g/mol. The van der Waals surface area contributed by atoms with Gasteiger partial charge in [-0.1, -0.05) is 12.1 Å². The van der Waals surface area contributed by atoms with Crippen molar-refractivity contribution in [2.45, 2.75) is 13.3 Å². The summed E-state index contributed by atoms with van der Waals surface area (Å²) in [5, 5.41) is 33.0. The van der Waals surface area contributed by atoms with Gasteiger partial charge in [-0.3, -0.25) is 14.9 Å². The maximum absolute atomic E-state index is 12.4. The third kappa shape index (κ3) is 5.43. The zero-order valence-electron chi connectivity index (χ0n) is 15.7. The maximum atomic E-state index is 12.4. The van der Waals surface area contributed by atoms with Crippen molar-refractivity contribution in [1.82, 2.24) is 0 Å². The van der Waals surface area contributed by atoms with Crippen molar-refractivity contribution in [3.63, 3.8) is 0 Å². The van der Waals surface area contributed by atoms with E-state index < -0.39 is 10.8 Å². The number of anilines is 1. The van der Waals surface area contributed by atoms with Gasteiger partial charge in [-0.15, -0.1) is 6.58 Å². The topological polar surface area (TPSA) is 125 Å². The molecule has 8 nitrogen and oxygen atoms in total. The number of nitrogens with one attached hydrogen (secondary N) is 1. The third-order valence-electron chi connectivity index (χ3n) is 3.83. The van der Waals surface area contributed by atoms with Crippen LogP contribution in [-0.4, -0.2) is 22.5 Å². The van der Waals surface area contributed by atoms with Gasteiger partial charge < -0.3 is 15.2 Å². The SMILES string of the molecule is C=CCc1cc(C=C(C#N)C(=O)Nc2cccc([N+](=O)[O-])c2)cc(OCC)c1O. The molecule has 2 N–H and O–H groups in total. The Labute approximate surface area is 167 Å². The molecule has 0 atom stereocenters. The van der Waals surface area contributed by atoms with Crippen LogP contribution in [-0.2, 0) is 11.2 Å². The number of hydrogen-bond donors (Lipinski definition) is 2. The molecule has 148 valence electrons. The summed E-state index contributed by atoms with van der Waals surface area (Å²) in [6.45, 7) is 5.73. The minimum Gasteiger partial charge on any atom is -0.504 e. The molecule has 0 saturated heterocycles. The van der Waals surface area contributed by atoms with Gasteiger partial charge in [0.25, 0.3) is 11.6 Å². The molecule has 2 aromatic rings.